The van der Waals surface area contributed by atoms with Crippen LogP contribution < -0.4 is 0 Å². The van der Waals surface area contributed by atoms with E-state index in [-0.39, 0.29) is 10.8 Å². The molecule has 3 aromatic heterocycles. The van der Waals surface area contributed by atoms with Crippen molar-refractivity contribution in [2.75, 3.05) is 20.0 Å². The molecule has 0 amide bonds. The van der Waals surface area contributed by atoms with Crippen LogP contribution >= 0.6 is 29.9 Å². The van der Waals surface area contributed by atoms with E-state index >= 15 is 0 Å². The number of hydrogen-bond acceptors (Lipinski definition) is 5. The first kappa shape index (κ1) is 25.2. The van der Waals surface area contributed by atoms with Gasteiger partial charge in [0.05, 0.1) is 0 Å². The first-order valence-electron chi connectivity index (χ1n) is 11.8. The normalized spacial score (nSPS) is 13.4. The van der Waals surface area contributed by atoms with Gasteiger partial charge in [0.2, 0.25) is 0 Å². The van der Waals surface area contributed by atoms with Gasteiger partial charge in [0, 0.05) is 0 Å². The summed E-state index contributed by atoms with van der Waals surface area (Å²) in [6.07, 6.45) is 8.84. The molecule has 0 fully saturated rings. The van der Waals surface area contributed by atoms with Crippen LogP contribution in [-0.4, -0.2) is 39.5 Å². The summed E-state index contributed by atoms with van der Waals surface area (Å²) in [6, 6.07) is 6.99. The number of imidazole rings is 1. The van der Waals surface area contributed by atoms with Gasteiger partial charge in [-0.2, -0.15) is 0 Å². The molecule has 182 valence electrons. The Kier molecular flexibility index (Phi) is 6.65. The van der Waals surface area contributed by atoms with Crippen LogP contribution in [0, 0.1) is 0 Å². The average Bonchev–Trinajstić information content (AvgIpc) is 3.44. The van der Waals surface area contributed by atoms with Gasteiger partial charge in [-0.05, 0) is 0 Å². The maximum absolute atomic E-state index is 5.09. The molecule has 0 spiro atoms. The van der Waals surface area contributed by atoms with Gasteiger partial charge in [0.15, 0.2) is 0 Å². The number of thiazole rings is 2. The van der Waals surface area contributed by atoms with E-state index in [2.05, 4.69) is 90.9 Å². The quantitative estimate of drug-likeness (QED) is 0.256. The summed E-state index contributed by atoms with van der Waals surface area (Å²) in [5, 5.41) is 2.21. The van der Waals surface area contributed by atoms with Crippen LogP contribution in [0.15, 0.2) is 43.1 Å². The first-order chi connectivity index (χ1) is 15.7. The third-order valence-corrected chi connectivity index (χ3v) is 9.97. The SMILES string of the molecule is CC(C)(C)c1cnc(-c2cc(C[PH](C)(C)C)ccc2-c2sc(C(C)(C)C)nc2-n2ccnc2)s1. The standard InChI is InChI=1S/C27H37N4PS2/c1-26(2,3)21-15-29-24(33-21)20-14-18(16-32(7,8)9)10-11-19(20)22-23(31-13-12-28-17-31)30-25(34-22)27(4,5)6/h10-15,17,32H,16H2,1-9H3. The van der Waals surface area contributed by atoms with Crippen molar-refractivity contribution in [3.05, 3.63) is 58.6 Å². The molecule has 3 heterocycles. The van der Waals surface area contributed by atoms with Crippen LogP contribution in [0.3, 0.4) is 0 Å². The van der Waals surface area contributed by atoms with E-state index in [4.69, 9.17) is 9.97 Å². The summed E-state index contributed by atoms with van der Waals surface area (Å²) < 4.78 is 2.03. The molecule has 0 atom stereocenters. The van der Waals surface area contributed by atoms with E-state index in [1.807, 2.05) is 34.6 Å². The fourth-order valence-corrected chi connectivity index (χ4v) is 7.41. The van der Waals surface area contributed by atoms with Gasteiger partial charge in [-0.25, -0.2) is 0 Å². The summed E-state index contributed by atoms with van der Waals surface area (Å²) in [5.74, 6) is 0.944. The second-order valence-corrected chi connectivity index (χ2v) is 19.8. The molecule has 0 aliphatic rings. The third kappa shape index (κ3) is 5.50. The minimum atomic E-state index is -1.26. The Labute approximate surface area is 212 Å². The Morgan fingerprint density at radius 2 is 1.68 bits per heavy atom. The monoisotopic (exact) mass is 512 g/mol. The fraction of sp³-hybridized carbons (Fsp3) is 0.444. The van der Waals surface area contributed by atoms with Crippen LogP contribution in [0.4, 0.5) is 0 Å². The molecule has 0 saturated heterocycles. The Bertz CT molecular complexity index is 1280. The molecule has 4 aromatic rings. The van der Waals surface area contributed by atoms with E-state index in [1.54, 1.807) is 11.3 Å². The second-order valence-electron chi connectivity index (χ2n) is 12.3. The van der Waals surface area contributed by atoms with Gasteiger partial charge in [0.25, 0.3) is 0 Å². The molecule has 0 bridgehead atoms. The topological polar surface area (TPSA) is 43.6 Å². The fourth-order valence-electron chi connectivity index (χ4n) is 3.80. The Hall–Kier alpha value is -1.88. The Morgan fingerprint density at radius 3 is 2.24 bits per heavy atom. The molecule has 1 aromatic carbocycles. The molecule has 0 unspecified atom stereocenters. The molecule has 4 nitrogen and oxygen atoms in total. The molecule has 0 N–H and O–H groups in total. The third-order valence-electron chi connectivity index (χ3n) is 5.54. The molecule has 0 aliphatic carbocycles. The molecule has 0 saturated carbocycles. The number of aromatic nitrogens is 4. The van der Waals surface area contributed by atoms with Crippen molar-refractivity contribution in [2.24, 2.45) is 0 Å². The minimum absolute atomic E-state index is 0.0310. The first-order valence-corrected chi connectivity index (χ1v) is 17.2. The van der Waals surface area contributed by atoms with Crippen molar-refractivity contribution in [3.63, 3.8) is 0 Å². The van der Waals surface area contributed by atoms with Gasteiger partial charge in [0.1, 0.15) is 0 Å². The Morgan fingerprint density at radius 1 is 0.941 bits per heavy atom. The zero-order valence-electron chi connectivity index (χ0n) is 21.9. The molecule has 0 radical (unpaired) electrons. The van der Waals surface area contributed by atoms with Crippen molar-refractivity contribution >= 4 is 29.9 Å². The van der Waals surface area contributed by atoms with Crippen molar-refractivity contribution < 1.29 is 0 Å². The molecular weight excluding hydrogens is 475 g/mol. The zero-order chi connectivity index (χ0) is 24.9. The molecular formula is C27H37N4PS2. The second kappa shape index (κ2) is 8.96. The molecule has 7 heteroatoms. The summed E-state index contributed by atoms with van der Waals surface area (Å²) in [6.45, 7) is 20.7. The van der Waals surface area contributed by atoms with Crippen LogP contribution in [-0.2, 0) is 17.0 Å². The van der Waals surface area contributed by atoms with Crippen molar-refractivity contribution in [2.45, 2.75) is 58.5 Å². The molecule has 34 heavy (non-hydrogen) atoms. The van der Waals surface area contributed by atoms with Gasteiger partial charge < -0.3 is 0 Å². The van der Waals surface area contributed by atoms with Crippen molar-refractivity contribution in [1.29, 1.82) is 0 Å². The van der Waals surface area contributed by atoms with Crippen molar-refractivity contribution in [1.82, 2.24) is 19.5 Å². The predicted molar refractivity (Wildman–Crippen MR) is 153 cm³/mol. The van der Waals surface area contributed by atoms with Gasteiger partial charge >= 0.3 is 213 Å². The van der Waals surface area contributed by atoms with E-state index < -0.39 is 7.26 Å². The molecule has 0 aliphatic heterocycles. The number of rotatable bonds is 5. The van der Waals surface area contributed by atoms with Gasteiger partial charge in [-0.3, -0.25) is 0 Å². The van der Waals surface area contributed by atoms with Crippen LogP contribution in [0.25, 0.3) is 26.8 Å². The van der Waals surface area contributed by atoms with Crippen LogP contribution in [0.5, 0.6) is 0 Å². The van der Waals surface area contributed by atoms with E-state index in [9.17, 15) is 0 Å². The van der Waals surface area contributed by atoms with Crippen LogP contribution in [0.1, 0.15) is 57.0 Å². The number of nitrogens with zero attached hydrogens (tertiary/aromatic N) is 4. The van der Waals surface area contributed by atoms with E-state index in [1.165, 1.54) is 26.4 Å². The molecule has 4 rings (SSSR count). The van der Waals surface area contributed by atoms with E-state index in [0.717, 1.165) is 22.0 Å². The van der Waals surface area contributed by atoms with E-state index in [0.29, 0.717) is 0 Å². The number of benzene rings is 1. The summed E-state index contributed by atoms with van der Waals surface area (Å²) >= 11 is 3.59. The Balaban J connectivity index is 1.95. The van der Waals surface area contributed by atoms with Crippen molar-refractivity contribution in [3.8, 4) is 26.8 Å². The van der Waals surface area contributed by atoms with Gasteiger partial charge in [-0.1, -0.05) is 0 Å². The summed E-state index contributed by atoms with van der Waals surface area (Å²) in [7, 11) is -1.26. The van der Waals surface area contributed by atoms with Crippen LogP contribution in [0.2, 0.25) is 0 Å². The number of hydrogen-bond donors (Lipinski definition) is 0. The average molecular weight is 513 g/mol. The maximum atomic E-state index is 5.09. The summed E-state index contributed by atoms with van der Waals surface area (Å²) in [4.78, 5) is 16.8. The summed E-state index contributed by atoms with van der Waals surface area (Å²) in [5.41, 5.74) is 3.86. The zero-order valence-corrected chi connectivity index (χ0v) is 24.5. The van der Waals surface area contributed by atoms with Gasteiger partial charge in [-0.15, -0.1) is 0 Å². The predicted octanol–water partition coefficient (Wildman–Crippen LogP) is 7.85.